The lowest BCUT2D eigenvalue weighted by atomic mass is 10.2. The molecule has 6 nitrogen and oxygen atoms in total. The minimum absolute atomic E-state index is 0.0632. The largest absolute Gasteiger partial charge is 0.481 e. The van der Waals surface area contributed by atoms with Crippen molar-refractivity contribution in [3.8, 4) is 0 Å². The smallest absolute Gasteiger partial charge is 0.303 e. The third-order valence-electron chi connectivity index (χ3n) is 1.32. The van der Waals surface area contributed by atoms with Crippen LogP contribution in [0.5, 0.6) is 0 Å². The van der Waals surface area contributed by atoms with E-state index in [2.05, 4.69) is 0 Å². The molecule has 0 spiro atoms. The normalized spacial score (nSPS) is 11.5. The van der Waals surface area contributed by atoms with Gasteiger partial charge >= 0.3 is 11.9 Å². The van der Waals surface area contributed by atoms with Gasteiger partial charge in [-0.3, -0.25) is 9.59 Å². The first-order chi connectivity index (χ1) is 8.33. The fourth-order valence-corrected chi connectivity index (χ4v) is 0.641. The summed E-state index contributed by atoms with van der Waals surface area (Å²) in [6.07, 6.45) is 0.0866. The summed E-state index contributed by atoms with van der Waals surface area (Å²) in [5.74, 6) is -1.90. The molecular formula is C13H26O6. The van der Waals surface area contributed by atoms with Gasteiger partial charge in [-0.15, -0.1) is 0 Å². The second kappa shape index (κ2) is 8.87. The second-order valence-electron chi connectivity index (χ2n) is 6.03. The SMILES string of the molecule is CC(C)(C)OOC(C)(C)C.O=C(O)CCCC(=O)O. The third-order valence-corrected chi connectivity index (χ3v) is 1.32. The predicted molar refractivity (Wildman–Crippen MR) is 70.8 cm³/mol. The van der Waals surface area contributed by atoms with Gasteiger partial charge in [0.05, 0.1) is 11.2 Å². The molecule has 0 saturated heterocycles. The van der Waals surface area contributed by atoms with Gasteiger partial charge in [0.2, 0.25) is 0 Å². The summed E-state index contributed by atoms with van der Waals surface area (Å²) in [5.41, 5.74) is -0.430. The highest BCUT2D eigenvalue weighted by molar-refractivity contribution is 5.69. The van der Waals surface area contributed by atoms with E-state index in [1.807, 2.05) is 41.5 Å². The van der Waals surface area contributed by atoms with Crippen molar-refractivity contribution in [3.05, 3.63) is 0 Å². The van der Waals surface area contributed by atoms with E-state index in [1.165, 1.54) is 0 Å². The van der Waals surface area contributed by atoms with Crippen LogP contribution >= 0.6 is 0 Å². The van der Waals surface area contributed by atoms with Gasteiger partial charge in [0.1, 0.15) is 0 Å². The number of carboxylic acid groups (broad SMARTS) is 2. The summed E-state index contributed by atoms with van der Waals surface area (Å²) in [7, 11) is 0. The average molecular weight is 278 g/mol. The number of hydrogen-bond acceptors (Lipinski definition) is 4. The molecule has 0 aromatic rings. The van der Waals surface area contributed by atoms with Gasteiger partial charge < -0.3 is 10.2 Å². The van der Waals surface area contributed by atoms with Crippen molar-refractivity contribution < 1.29 is 29.6 Å². The molecule has 0 saturated carbocycles. The van der Waals surface area contributed by atoms with Crippen LogP contribution in [-0.4, -0.2) is 33.4 Å². The van der Waals surface area contributed by atoms with Crippen molar-refractivity contribution in [2.24, 2.45) is 0 Å². The Morgan fingerprint density at radius 1 is 0.789 bits per heavy atom. The van der Waals surface area contributed by atoms with Crippen LogP contribution in [-0.2, 0) is 19.4 Å². The maximum absolute atomic E-state index is 9.79. The van der Waals surface area contributed by atoms with E-state index >= 15 is 0 Å². The lowest BCUT2D eigenvalue weighted by molar-refractivity contribution is -0.393. The maximum Gasteiger partial charge on any atom is 0.303 e. The second-order valence-corrected chi connectivity index (χ2v) is 6.03. The fraction of sp³-hybridized carbons (Fsp3) is 0.846. The Morgan fingerprint density at radius 2 is 1.05 bits per heavy atom. The van der Waals surface area contributed by atoms with E-state index in [9.17, 15) is 9.59 Å². The first kappa shape index (κ1) is 20.2. The maximum atomic E-state index is 9.79. The molecule has 0 atom stereocenters. The minimum Gasteiger partial charge on any atom is -0.481 e. The summed E-state index contributed by atoms with van der Waals surface area (Å²) >= 11 is 0. The molecule has 0 aliphatic carbocycles. The van der Waals surface area contributed by atoms with Gasteiger partial charge in [-0.2, -0.15) is 0 Å². The summed E-state index contributed by atoms with van der Waals surface area (Å²) in [4.78, 5) is 29.8. The molecule has 0 aliphatic heterocycles. The number of carbonyl (C=O) groups is 2. The summed E-state index contributed by atoms with van der Waals surface area (Å²) < 4.78 is 0. The first-order valence-electron chi connectivity index (χ1n) is 6.14. The molecule has 0 radical (unpaired) electrons. The molecule has 0 bridgehead atoms. The van der Waals surface area contributed by atoms with Crippen molar-refractivity contribution in [2.75, 3.05) is 0 Å². The van der Waals surface area contributed by atoms with Crippen molar-refractivity contribution in [2.45, 2.75) is 72.0 Å². The molecule has 19 heavy (non-hydrogen) atoms. The van der Waals surface area contributed by atoms with E-state index in [0.29, 0.717) is 0 Å². The van der Waals surface area contributed by atoms with Crippen LogP contribution in [0, 0.1) is 0 Å². The number of carboxylic acids is 2. The van der Waals surface area contributed by atoms with Gasteiger partial charge in [-0.1, -0.05) is 0 Å². The average Bonchev–Trinajstić information content (AvgIpc) is 2.12. The molecule has 6 heteroatoms. The Balaban J connectivity index is 0. The van der Waals surface area contributed by atoms with E-state index in [1.54, 1.807) is 0 Å². The molecule has 114 valence electrons. The van der Waals surface area contributed by atoms with Gasteiger partial charge in [0, 0.05) is 12.8 Å². The molecule has 2 N–H and O–H groups in total. The Bertz CT molecular complexity index is 244. The van der Waals surface area contributed by atoms with Crippen LogP contribution in [0.15, 0.2) is 0 Å². The zero-order valence-corrected chi connectivity index (χ0v) is 12.6. The van der Waals surface area contributed by atoms with Gasteiger partial charge in [-0.05, 0) is 48.0 Å². The summed E-state index contributed by atoms with van der Waals surface area (Å²) in [5, 5.41) is 16.1. The minimum atomic E-state index is -0.948. The highest BCUT2D eigenvalue weighted by Gasteiger charge is 2.18. The van der Waals surface area contributed by atoms with Gasteiger partial charge in [0.25, 0.3) is 0 Å². The van der Waals surface area contributed by atoms with Crippen molar-refractivity contribution in [3.63, 3.8) is 0 Å². The van der Waals surface area contributed by atoms with E-state index in [-0.39, 0.29) is 30.5 Å². The molecule has 0 heterocycles. The van der Waals surface area contributed by atoms with Crippen molar-refractivity contribution in [1.82, 2.24) is 0 Å². The first-order valence-corrected chi connectivity index (χ1v) is 6.14. The van der Waals surface area contributed by atoms with Crippen LogP contribution in [0.25, 0.3) is 0 Å². The van der Waals surface area contributed by atoms with Crippen molar-refractivity contribution in [1.29, 1.82) is 0 Å². The van der Waals surface area contributed by atoms with Gasteiger partial charge in [-0.25, -0.2) is 9.78 Å². The fourth-order valence-electron chi connectivity index (χ4n) is 0.641. The number of hydrogen-bond donors (Lipinski definition) is 2. The topological polar surface area (TPSA) is 93.1 Å². The lowest BCUT2D eigenvalue weighted by Gasteiger charge is -2.24. The highest BCUT2D eigenvalue weighted by atomic mass is 17.2. The molecule has 0 aliphatic rings. The predicted octanol–water partition coefficient (Wildman–Crippen LogP) is 2.86. The molecular weight excluding hydrogens is 252 g/mol. The van der Waals surface area contributed by atoms with Crippen LogP contribution in [0.4, 0.5) is 0 Å². The van der Waals surface area contributed by atoms with E-state index in [4.69, 9.17) is 20.0 Å². The number of rotatable bonds is 5. The molecule has 0 aromatic heterocycles. The Morgan fingerprint density at radius 3 is 1.21 bits per heavy atom. The van der Waals surface area contributed by atoms with Crippen LogP contribution in [0.1, 0.15) is 60.8 Å². The monoisotopic (exact) mass is 278 g/mol. The zero-order valence-electron chi connectivity index (χ0n) is 12.6. The summed E-state index contributed by atoms with van der Waals surface area (Å²) in [6, 6.07) is 0. The quantitative estimate of drug-likeness (QED) is 0.593. The van der Waals surface area contributed by atoms with Gasteiger partial charge in [0.15, 0.2) is 0 Å². The van der Waals surface area contributed by atoms with Crippen LogP contribution < -0.4 is 0 Å². The number of aliphatic carboxylic acids is 2. The zero-order chi connectivity index (χ0) is 15.7. The molecule has 0 unspecified atom stereocenters. The Kier molecular flexibility index (Phi) is 9.43. The molecule has 0 amide bonds. The molecule has 0 aromatic carbocycles. The Hall–Kier alpha value is -1.14. The van der Waals surface area contributed by atoms with Crippen molar-refractivity contribution >= 4 is 11.9 Å². The Labute approximate surface area is 114 Å². The highest BCUT2D eigenvalue weighted by Crippen LogP contribution is 2.14. The third kappa shape index (κ3) is 26.5. The standard InChI is InChI=1S/C8H18O2.C5H8O4/c1-7(2,3)9-10-8(4,5)6;6-4(7)2-1-3-5(8)9/h1-6H3;1-3H2,(H,6,7)(H,8,9). The lowest BCUT2D eigenvalue weighted by Crippen LogP contribution is -2.27. The van der Waals surface area contributed by atoms with Crippen LogP contribution in [0.2, 0.25) is 0 Å². The molecule has 0 rings (SSSR count). The van der Waals surface area contributed by atoms with Crippen LogP contribution in [0.3, 0.4) is 0 Å². The summed E-state index contributed by atoms with van der Waals surface area (Å²) in [6.45, 7) is 11.7. The van der Waals surface area contributed by atoms with E-state index in [0.717, 1.165) is 0 Å². The molecule has 0 fully saturated rings. The van der Waals surface area contributed by atoms with E-state index < -0.39 is 11.9 Å².